The van der Waals surface area contributed by atoms with Crippen molar-refractivity contribution < 1.29 is 4.79 Å². The SMILES string of the molecule is C#C[C@@H]1CC[C@@]2(C)C=CC(=O)[C@@](C)(Br)[C@@H]2C1. The monoisotopic (exact) mass is 280 g/mol. The van der Waals surface area contributed by atoms with Gasteiger partial charge in [0.15, 0.2) is 5.78 Å². The van der Waals surface area contributed by atoms with E-state index in [1.54, 1.807) is 6.08 Å². The summed E-state index contributed by atoms with van der Waals surface area (Å²) in [5.41, 5.74) is 0.125. The van der Waals surface area contributed by atoms with Gasteiger partial charge in [-0.25, -0.2) is 0 Å². The van der Waals surface area contributed by atoms with Crippen LogP contribution in [0.5, 0.6) is 0 Å². The summed E-state index contributed by atoms with van der Waals surface area (Å²) < 4.78 is -0.438. The lowest BCUT2D eigenvalue weighted by molar-refractivity contribution is -0.120. The number of hydrogen-bond acceptors (Lipinski definition) is 1. The number of carbonyl (C=O) groups is 1. The Hall–Kier alpha value is -0.550. The number of halogens is 1. The van der Waals surface area contributed by atoms with Gasteiger partial charge in [0.05, 0.1) is 4.32 Å². The largest absolute Gasteiger partial charge is 0.293 e. The van der Waals surface area contributed by atoms with E-state index >= 15 is 0 Å². The van der Waals surface area contributed by atoms with Crippen molar-refractivity contribution in [3.63, 3.8) is 0 Å². The molecule has 2 heteroatoms. The molecule has 0 radical (unpaired) electrons. The van der Waals surface area contributed by atoms with E-state index in [1.165, 1.54) is 0 Å². The van der Waals surface area contributed by atoms with E-state index in [0.29, 0.717) is 11.8 Å². The molecule has 0 bridgehead atoms. The molecule has 0 saturated heterocycles. The lowest BCUT2D eigenvalue weighted by Crippen LogP contribution is -2.50. The second kappa shape index (κ2) is 3.74. The molecule has 86 valence electrons. The maximum atomic E-state index is 11.9. The Bertz CT molecular complexity index is 388. The third-order valence-electron chi connectivity index (χ3n) is 4.34. The molecule has 2 aliphatic rings. The number of ketones is 1. The van der Waals surface area contributed by atoms with E-state index in [9.17, 15) is 4.79 Å². The fourth-order valence-electron chi connectivity index (χ4n) is 3.12. The summed E-state index contributed by atoms with van der Waals surface area (Å²) >= 11 is 3.62. The molecule has 2 aliphatic carbocycles. The molecule has 0 unspecified atom stereocenters. The minimum Gasteiger partial charge on any atom is -0.293 e. The van der Waals surface area contributed by atoms with Crippen LogP contribution in [0.15, 0.2) is 12.2 Å². The number of alkyl halides is 1. The van der Waals surface area contributed by atoms with Crippen LogP contribution in [0.4, 0.5) is 0 Å². The number of rotatable bonds is 0. The van der Waals surface area contributed by atoms with Crippen LogP contribution in [-0.2, 0) is 4.79 Å². The van der Waals surface area contributed by atoms with Crippen molar-refractivity contribution >= 4 is 21.7 Å². The van der Waals surface area contributed by atoms with Crippen molar-refractivity contribution in [2.24, 2.45) is 17.3 Å². The van der Waals surface area contributed by atoms with Crippen LogP contribution in [0, 0.1) is 29.6 Å². The van der Waals surface area contributed by atoms with Gasteiger partial charge in [0.2, 0.25) is 0 Å². The van der Waals surface area contributed by atoms with Crippen molar-refractivity contribution in [1.29, 1.82) is 0 Å². The highest BCUT2D eigenvalue weighted by atomic mass is 79.9. The number of hydrogen-bond donors (Lipinski definition) is 0. The minimum absolute atomic E-state index is 0.125. The van der Waals surface area contributed by atoms with Gasteiger partial charge >= 0.3 is 0 Å². The summed E-state index contributed by atoms with van der Waals surface area (Å²) in [5.74, 6) is 3.66. The predicted molar refractivity (Wildman–Crippen MR) is 69.3 cm³/mol. The molecule has 0 amide bonds. The first-order chi connectivity index (χ1) is 7.40. The van der Waals surface area contributed by atoms with E-state index in [4.69, 9.17) is 6.42 Å². The van der Waals surface area contributed by atoms with Crippen LogP contribution < -0.4 is 0 Å². The first-order valence-electron chi connectivity index (χ1n) is 5.79. The molecule has 4 atom stereocenters. The predicted octanol–water partition coefficient (Wildman–Crippen LogP) is 3.33. The van der Waals surface area contributed by atoms with Crippen LogP contribution >= 0.6 is 15.9 Å². The van der Waals surface area contributed by atoms with Crippen molar-refractivity contribution in [3.05, 3.63) is 12.2 Å². The van der Waals surface area contributed by atoms with Gasteiger partial charge in [-0.05, 0) is 43.6 Å². The Morgan fingerprint density at radius 1 is 1.56 bits per heavy atom. The summed E-state index contributed by atoms with van der Waals surface area (Å²) in [6, 6.07) is 0. The van der Waals surface area contributed by atoms with Gasteiger partial charge in [0.1, 0.15) is 0 Å². The molecule has 1 nitrogen and oxygen atoms in total. The minimum atomic E-state index is -0.438. The number of allylic oxidation sites excluding steroid dienone is 2. The number of fused-ring (bicyclic) bond motifs is 1. The standard InChI is InChI=1S/C14H17BrO/c1-4-10-5-7-13(2)8-6-12(16)14(3,15)11(13)9-10/h1,6,8,10-11H,5,7,9H2,2-3H3/t10-,11-,13+,14+/m1/s1. The normalized spacial score (nSPS) is 47.2. The smallest absolute Gasteiger partial charge is 0.172 e. The highest BCUT2D eigenvalue weighted by Gasteiger charge is 2.51. The summed E-state index contributed by atoms with van der Waals surface area (Å²) in [6.07, 6.45) is 12.5. The van der Waals surface area contributed by atoms with Crippen LogP contribution in [0.1, 0.15) is 33.1 Å². The third kappa shape index (κ3) is 1.66. The van der Waals surface area contributed by atoms with Crippen molar-refractivity contribution in [2.75, 3.05) is 0 Å². The second-order valence-electron chi connectivity index (χ2n) is 5.47. The number of carbonyl (C=O) groups excluding carboxylic acids is 1. The van der Waals surface area contributed by atoms with Crippen molar-refractivity contribution in [1.82, 2.24) is 0 Å². The topological polar surface area (TPSA) is 17.1 Å². The van der Waals surface area contributed by atoms with E-state index < -0.39 is 4.32 Å². The molecule has 1 saturated carbocycles. The van der Waals surface area contributed by atoms with Crippen molar-refractivity contribution in [2.45, 2.75) is 37.4 Å². The van der Waals surface area contributed by atoms with Gasteiger partial charge in [0, 0.05) is 5.92 Å². The maximum Gasteiger partial charge on any atom is 0.172 e. The Labute approximate surface area is 106 Å². The first kappa shape index (κ1) is 11.9. The van der Waals surface area contributed by atoms with E-state index in [2.05, 4.69) is 34.9 Å². The molecule has 0 aliphatic heterocycles. The van der Waals surface area contributed by atoms with E-state index in [1.807, 2.05) is 6.92 Å². The zero-order chi connectivity index (χ0) is 12.0. The molecule has 0 aromatic rings. The van der Waals surface area contributed by atoms with Crippen LogP contribution in [0.2, 0.25) is 0 Å². The fourth-order valence-corrected chi connectivity index (χ4v) is 3.97. The average Bonchev–Trinajstić information content (AvgIpc) is 2.25. The molecular formula is C14H17BrO. The van der Waals surface area contributed by atoms with Gasteiger partial charge in [0.25, 0.3) is 0 Å². The Morgan fingerprint density at radius 2 is 2.25 bits per heavy atom. The van der Waals surface area contributed by atoms with Gasteiger partial charge in [-0.1, -0.05) is 28.9 Å². The van der Waals surface area contributed by atoms with Crippen LogP contribution in [-0.4, -0.2) is 10.1 Å². The zero-order valence-electron chi connectivity index (χ0n) is 9.79. The molecule has 0 aromatic carbocycles. The third-order valence-corrected chi connectivity index (χ3v) is 5.28. The summed E-state index contributed by atoms with van der Waals surface area (Å²) in [4.78, 5) is 11.9. The van der Waals surface area contributed by atoms with Crippen LogP contribution in [0.3, 0.4) is 0 Å². The van der Waals surface area contributed by atoms with Gasteiger partial charge in [-0.2, -0.15) is 0 Å². The summed E-state index contributed by atoms with van der Waals surface area (Å²) in [7, 11) is 0. The highest BCUT2D eigenvalue weighted by Crippen LogP contribution is 2.54. The summed E-state index contributed by atoms with van der Waals surface area (Å²) in [5, 5.41) is 0. The molecule has 0 aromatic heterocycles. The quantitative estimate of drug-likeness (QED) is 0.491. The Kier molecular flexibility index (Phi) is 2.78. The first-order valence-corrected chi connectivity index (χ1v) is 6.58. The van der Waals surface area contributed by atoms with Gasteiger partial charge in [-0.15, -0.1) is 12.3 Å². The number of terminal acetylenes is 1. The average molecular weight is 281 g/mol. The summed E-state index contributed by atoms with van der Waals surface area (Å²) in [6.45, 7) is 4.23. The Balaban J connectivity index is 2.38. The molecule has 2 rings (SSSR count). The van der Waals surface area contributed by atoms with Crippen LogP contribution in [0.25, 0.3) is 0 Å². The molecule has 1 fully saturated rings. The Morgan fingerprint density at radius 3 is 2.88 bits per heavy atom. The molecule has 16 heavy (non-hydrogen) atoms. The lowest BCUT2D eigenvalue weighted by atomic mass is 9.57. The van der Waals surface area contributed by atoms with E-state index in [0.717, 1.165) is 19.3 Å². The second-order valence-corrected chi connectivity index (χ2v) is 7.12. The molecule has 0 heterocycles. The molecule has 0 N–H and O–H groups in total. The lowest BCUT2D eigenvalue weighted by Gasteiger charge is -2.49. The molecular weight excluding hydrogens is 264 g/mol. The van der Waals surface area contributed by atoms with E-state index in [-0.39, 0.29) is 11.2 Å². The van der Waals surface area contributed by atoms with Crippen molar-refractivity contribution in [3.8, 4) is 12.3 Å². The maximum absolute atomic E-state index is 11.9. The van der Waals surface area contributed by atoms with Gasteiger partial charge in [-0.3, -0.25) is 4.79 Å². The molecule has 0 spiro atoms. The highest BCUT2D eigenvalue weighted by molar-refractivity contribution is 9.10. The van der Waals surface area contributed by atoms with Gasteiger partial charge < -0.3 is 0 Å². The zero-order valence-corrected chi connectivity index (χ0v) is 11.4. The fraction of sp³-hybridized carbons (Fsp3) is 0.643.